The van der Waals surface area contributed by atoms with Crippen LogP contribution in [0.15, 0.2) is 24.3 Å². The molecule has 32 heavy (non-hydrogen) atoms. The molecule has 0 unspecified atom stereocenters. The van der Waals surface area contributed by atoms with Crippen LogP contribution in [0, 0.1) is 10.8 Å². The SMILES string of the molecule is C[C@H]1[C@H](OC(=O)c2ccccc2C(F)(F)F)C(O)(O)[C@]23NC(=N)N[C@H]2[C@H](CO)NC(=N)N13. The molecule has 1 aromatic carbocycles. The lowest BCUT2D eigenvalue weighted by Gasteiger charge is -2.51. The Morgan fingerprint density at radius 1 is 1.25 bits per heavy atom. The third kappa shape index (κ3) is 2.83. The molecule has 3 fully saturated rings. The highest BCUT2D eigenvalue weighted by molar-refractivity contribution is 5.92. The highest BCUT2D eigenvalue weighted by Crippen LogP contribution is 2.47. The third-order valence-corrected chi connectivity index (χ3v) is 6.10. The van der Waals surface area contributed by atoms with Gasteiger partial charge in [0.2, 0.25) is 5.79 Å². The van der Waals surface area contributed by atoms with Gasteiger partial charge in [-0.3, -0.25) is 10.8 Å². The Morgan fingerprint density at radius 2 is 1.91 bits per heavy atom. The van der Waals surface area contributed by atoms with Crippen molar-refractivity contribution >= 4 is 17.9 Å². The van der Waals surface area contributed by atoms with E-state index in [1.165, 1.54) is 13.0 Å². The van der Waals surface area contributed by atoms with Crippen LogP contribution in [-0.2, 0) is 10.9 Å². The summed E-state index contributed by atoms with van der Waals surface area (Å²) in [6.45, 7) is 0.845. The normalized spacial score (nSPS) is 33.0. The molecule has 8 N–H and O–H groups in total. The van der Waals surface area contributed by atoms with Crippen LogP contribution in [0.4, 0.5) is 13.2 Å². The average Bonchev–Trinajstić information content (AvgIpc) is 3.14. The maximum atomic E-state index is 13.3. The summed E-state index contributed by atoms with van der Waals surface area (Å²) in [5.41, 5.74) is -4.08. The first-order valence-corrected chi connectivity index (χ1v) is 9.56. The van der Waals surface area contributed by atoms with Crippen molar-refractivity contribution in [3.8, 4) is 0 Å². The Morgan fingerprint density at radius 3 is 2.53 bits per heavy atom. The van der Waals surface area contributed by atoms with Crippen LogP contribution in [0.5, 0.6) is 0 Å². The molecule has 14 heteroatoms. The summed E-state index contributed by atoms with van der Waals surface area (Å²) in [7, 11) is 0. The Balaban J connectivity index is 1.74. The van der Waals surface area contributed by atoms with Gasteiger partial charge in [-0.25, -0.2) is 4.79 Å². The first-order valence-electron chi connectivity index (χ1n) is 9.56. The van der Waals surface area contributed by atoms with Crippen molar-refractivity contribution < 1.29 is 38.0 Å². The summed E-state index contributed by atoms with van der Waals surface area (Å²) in [6.07, 6.45) is -6.67. The van der Waals surface area contributed by atoms with Gasteiger partial charge in [-0.15, -0.1) is 0 Å². The molecule has 11 nitrogen and oxygen atoms in total. The van der Waals surface area contributed by atoms with E-state index in [-0.39, 0.29) is 11.9 Å². The molecule has 3 saturated heterocycles. The van der Waals surface area contributed by atoms with E-state index in [0.717, 1.165) is 17.0 Å². The zero-order valence-corrected chi connectivity index (χ0v) is 16.6. The fraction of sp³-hybridized carbons (Fsp3) is 0.500. The lowest BCUT2D eigenvalue weighted by atomic mass is 9.85. The van der Waals surface area contributed by atoms with Crippen LogP contribution >= 0.6 is 0 Å². The van der Waals surface area contributed by atoms with Gasteiger partial charge < -0.3 is 40.9 Å². The molecular weight excluding hydrogens is 437 g/mol. The van der Waals surface area contributed by atoms with Crippen molar-refractivity contribution in [3.63, 3.8) is 0 Å². The predicted octanol–water partition coefficient (Wildman–Crippen LogP) is -1.29. The number of halogens is 3. The molecule has 174 valence electrons. The quantitative estimate of drug-likeness (QED) is 0.202. The van der Waals surface area contributed by atoms with Gasteiger partial charge in [0.1, 0.15) is 0 Å². The Kier molecular flexibility index (Phi) is 4.80. The number of aliphatic hydroxyl groups is 3. The number of guanidine groups is 2. The largest absolute Gasteiger partial charge is 0.451 e. The van der Waals surface area contributed by atoms with Gasteiger partial charge in [0.15, 0.2) is 23.7 Å². The highest BCUT2D eigenvalue weighted by Gasteiger charge is 2.77. The Labute approximate surface area is 179 Å². The third-order valence-electron chi connectivity index (χ3n) is 6.10. The van der Waals surface area contributed by atoms with Gasteiger partial charge in [0, 0.05) is 0 Å². The van der Waals surface area contributed by atoms with Crippen LogP contribution in [-0.4, -0.2) is 80.4 Å². The maximum Gasteiger partial charge on any atom is 0.417 e. The van der Waals surface area contributed by atoms with E-state index in [1.807, 2.05) is 0 Å². The van der Waals surface area contributed by atoms with Crippen molar-refractivity contribution in [1.82, 2.24) is 20.9 Å². The van der Waals surface area contributed by atoms with Crippen LogP contribution in [0.25, 0.3) is 0 Å². The number of alkyl halides is 3. The van der Waals surface area contributed by atoms with Gasteiger partial charge >= 0.3 is 12.1 Å². The summed E-state index contributed by atoms with van der Waals surface area (Å²) in [5, 5.41) is 56.1. The fourth-order valence-corrected chi connectivity index (χ4v) is 4.80. The molecule has 3 aliphatic heterocycles. The number of esters is 1. The van der Waals surface area contributed by atoms with Crippen LogP contribution < -0.4 is 16.0 Å². The van der Waals surface area contributed by atoms with Crippen molar-refractivity contribution in [2.24, 2.45) is 0 Å². The Bertz CT molecular complexity index is 988. The topological polar surface area (TPSA) is 174 Å². The number of nitrogens with zero attached hydrogens (tertiary/aromatic N) is 1. The van der Waals surface area contributed by atoms with E-state index in [9.17, 15) is 33.3 Å². The number of aliphatic hydroxyl groups excluding tert-OH is 1. The molecule has 3 heterocycles. The Hall–Kier alpha value is -3.10. The predicted molar refractivity (Wildman–Crippen MR) is 101 cm³/mol. The smallest absolute Gasteiger partial charge is 0.417 e. The number of benzene rings is 1. The van der Waals surface area contributed by atoms with E-state index < -0.39 is 65.6 Å². The first-order chi connectivity index (χ1) is 14.9. The first kappa shape index (κ1) is 22.1. The monoisotopic (exact) mass is 458 g/mol. The van der Waals surface area contributed by atoms with Crippen LogP contribution in [0.1, 0.15) is 22.8 Å². The molecule has 0 bridgehead atoms. The summed E-state index contributed by atoms with van der Waals surface area (Å²) in [5.74, 6) is -5.12. The summed E-state index contributed by atoms with van der Waals surface area (Å²) in [4.78, 5) is 13.8. The van der Waals surface area contributed by atoms with E-state index in [1.54, 1.807) is 0 Å². The fourth-order valence-electron chi connectivity index (χ4n) is 4.80. The summed E-state index contributed by atoms with van der Waals surface area (Å²) in [6, 6.07) is 0.806. The van der Waals surface area contributed by atoms with Crippen LogP contribution in [0.3, 0.4) is 0 Å². The molecule has 0 saturated carbocycles. The van der Waals surface area contributed by atoms with Crippen molar-refractivity contribution in [3.05, 3.63) is 35.4 Å². The van der Waals surface area contributed by atoms with Gasteiger partial charge in [-0.2, -0.15) is 13.2 Å². The molecule has 1 aromatic rings. The van der Waals surface area contributed by atoms with Crippen molar-refractivity contribution in [2.75, 3.05) is 6.61 Å². The molecule has 0 amide bonds. The number of carbonyl (C=O) groups is 1. The minimum absolute atomic E-state index is 0.344. The molecular formula is C18H21F3N6O5. The van der Waals surface area contributed by atoms with E-state index in [4.69, 9.17) is 15.6 Å². The second-order valence-electron chi connectivity index (χ2n) is 7.88. The van der Waals surface area contributed by atoms with E-state index in [0.29, 0.717) is 6.07 Å². The minimum atomic E-state index is -4.85. The molecule has 0 aromatic heterocycles. The lowest BCUT2D eigenvalue weighted by Crippen LogP contribution is -2.81. The molecule has 0 aliphatic carbocycles. The molecule has 0 radical (unpaired) electrons. The standard InChI is InChI=1S/C18H21F3N6O5/c1-7-12(32-13(29)8-4-2-3-5-9(8)18(19,20)21)17(30,31)16-11(25-14(22)26-16)10(6-28)24-15(23)27(7)16/h2-5,7,10-12,28,30-31H,6H2,1H3,(H2,23,24)(H3,22,25,26)/t7-,10-,11-,12-,16-/m0/s1. The van der Waals surface area contributed by atoms with E-state index in [2.05, 4.69) is 16.0 Å². The average molecular weight is 458 g/mol. The number of carbonyl (C=O) groups excluding carboxylic acids is 1. The van der Waals surface area contributed by atoms with Crippen molar-refractivity contribution in [2.45, 2.75) is 48.8 Å². The van der Waals surface area contributed by atoms with Crippen molar-refractivity contribution in [1.29, 1.82) is 10.8 Å². The van der Waals surface area contributed by atoms with Crippen LogP contribution in [0.2, 0.25) is 0 Å². The number of nitrogens with one attached hydrogen (secondary N) is 5. The number of hydrogen-bond donors (Lipinski definition) is 8. The molecule has 1 spiro atoms. The van der Waals surface area contributed by atoms with Gasteiger partial charge in [0.05, 0.1) is 35.9 Å². The number of ether oxygens (including phenoxy) is 1. The zero-order chi connectivity index (χ0) is 23.6. The molecule has 5 atom stereocenters. The van der Waals surface area contributed by atoms with Gasteiger partial charge in [-0.05, 0) is 19.1 Å². The number of hydrogen-bond acceptors (Lipinski definition) is 7. The van der Waals surface area contributed by atoms with Gasteiger partial charge in [0.25, 0.3) is 0 Å². The van der Waals surface area contributed by atoms with Gasteiger partial charge in [-0.1, -0.05) is 12.1 Å². The molecule has 3 aliphatic rings. The number of rotatable bonds is 3. The summed E-state index contributed by atoms with van der Waals surface area (Å²) < 4.78 is 45.2. The maximum absolute atomic E-state index is 13.3. The zero-order valence-electron chi connectivity index (χ0n) is 16.6. The molecule has 4 rings (SSSR count). The second-order valence-corrected chi connectivity index (χ2v) is 7.88. The lowest BCUT2D eigenvalue weighted by molar-refractivity contribution is -0.259. The second kappa shape index (κ2) is 6.95. The minimum Gasteiger partial charge on any atom is -0.451 e. The summed E-state index contributed by atoms with van der Waals surface area (Å²) >= 11 is 0. The highest BCUT2D eigenvalue weighted by atomic mass is 19.4. The van der Waals surface area contributed by atoms with E-state index >= 15 is 0 Å².